The Balaban J connectivity index is 1.72. The molecule has 0 aliphatic rings. The van der Waals surface area contributed by atoms with Gasteiger partial charge < -0.3 is 9.88 Å². The van der Waals surface area contributed by atoms with Crippen molar-refractivity contribution in [1.29, 1.82) is 0 Å². The molecule has 1 amide bonds. The van der Waals surface area contributed by atoms with Gasteiger partial charge in [0, 0.05) is 14.1 Å². The summed E-state index contributed by atoms with van der Waals surface area (Å²) in [5.74, 6) is -0.0771. The number of H-pyrrole nitrogens is 1. The van der Waals surface area contributed by atoms with Crippen LogP contribution in [0.3, 0.4) is 0 Å². The molecule has 142 valence electrons. The minimum Gasteiger partial charge on any atom is -0.337 e. The predicted octanol–water partition coefficient (Wildman–Crippen LogP) is 1.26. The third-order valence-electron chi connectivity index (χ3n) is 3.99. The molecule has 10 heteroatoms. The fourth-order valence-corrected chi connectivity index (χ4v) is 4.80. The van der Waals surface area contributed by atoms with Gasteiger partial charge in [-0.1, -0.05) is 18.2 Å². The molecule has 0 aliphatic carbocycles. The maximum Gasteiger partial charge on any atom is 0.258 e. The summed E-state index contributed by atoms with van der Waals surface area (Å²) in [6, 6.07) is 10.0. The zero-order valence-corrected chi connectivity index (χ0v) is 16.4. The lowest BCUT2D eigenvalue weighted by Gasteiger charge is -2.21. The number of nitrogens with one attached hydrogen (secondary N) is 1. The first-order valence-corrected chi connectivity index (χ1v) is 10.3. The second-order valence-corrected chi connectivity index (χ2v) is 9.19. The normalized spacial score (nSPS) is 11.8. The Kier molecular flexibility index (Phi) is 5.40. The molecule has 1 N–H and O–H groups in total. The molecule has 0 unspecified atom stereocenters. The first-order valence-electron chi connectivity index (χ1n) is 8.01. The third-order valence-corrected chi connectivity index (χ3v) is 7.17. The van der Waals surface area contributed by atoms with Crippen molar-refractivity contribution in [2.45, 2.75) is 10.8 Å². The second kappa shape index (κ2) is 7.59. The van der Waals surface area contributed by atoms with Crippen LogP contribution in [0, 0.1) is 0 Å². The number of amides is 1. The lowest BCUT2D eigenvalue weighted by Crippen LogP contribution is -2.39. The summed E-state index contributed by atoms with van der Waals surface area (Å²) in [6.45, 7) is -0.250. The van der Waals surface area contributed by atoms with Gasteiger partial charge in [0.2, 0.25) is 5.91 Å². The molecule has 0 spiro atoms. The minimum absolute atomic E-state index is 0.0613. The highest BCUT2D eigenvalue weighted by Crippen LogP contribution is 2.19. The number of benzene rings is 1. The molecule has 2 aromatic heterocycles. The maximum atomic E-state index is 12.4. The van der Waals surface area contributed by atoms with Crippen molar-refractivity contribution in [3.8, 4) is 0 Å². The Labute approximate surface area is 160 Å². The molecule has 3 rings (SSSR count). The standard InChI is InChI=1S/C17H18N4O4S2/c1-20(10-14-18-13-7-4-3-6-12(13)17(23)19-14)15(22)11-21(2)27(24,25)16-8-5-9-26-16/h3-9H,10-11H2,1-2H3,(H,18,19,23). The molecule has 0 fully saturated rings. The highest BCUT2D eigenvalue weighted by molar-refractivity contribution is 7.91. The number of thiophene rings is 1. The average molecular weight is 406 g/mol. The van der Waals surface area contributed by atoms with Gasteiger partial charge in [0.15, 0.2) is 0 Å². The average Bonchev–Trinajstić information content (AvgIpc) is 3.17. The van der Waals surface area contributed by atoms with Crippen LogP contribution in [0.15, 0.2) is 50.8 Å². The largest absolute Gasteiger partial charge is 0.337 e. The third kappa shape index (κ3) is 4.07. The van der Waals surface area contributed by atoms with Crippen LogP contribution >= 0.6 is 11.3 Å². The van der Waals surface area contributed by atoms with E-state index in [9.17, 15) is 18.0 Å². The van der Waals surface area contributed by atoms with Gasteiger partial charge in [-0.3, -0.25) is 9.59 Å². The highest BCUT2D eigenvalue weighted by atomic mass is 32.2. The Morgan fingerprint density at radius 1 is 1.19 bits per heavy atom. The molecular weight excluding hydrogens is 388 g/mol. The first kappa shape index (κ1) is 19.2. The number of hydrogen-bond donors (Lipinski definition) is 1. The lowest BCUT2D eigenvalue weighted by molar-refractivity contribution is -0.130. The number of aromatic nitrogens is 2. The summed E-state index contributed by atoms with van der Waals surface area (Å²) in [7, 11) is -0.813. The van der Waals surface area contributed by atoms with Gasteiger partial charge in [-0.25, -0.2) is 13.4 Å². The topological polar surface area (TPSA) is 103 Å². The van der Waals surface area contributed by atoms with Gasteiger partial charge in [0.1, 0.15) is 10.0 Å². The van der Waals surface area contributed by atoms with Gasteiger partial charge >= 0.3 is 0 Å². The molecule has 3 aromatic rings. The number of fused-ring (bicyclic) bond motifs is 1. The van der Waals surface area contributed by atoms with E-state index in [1.165, 1.54) is 25.1 Å². The molecule has 0 aliphatic heterocycles. The molecule has 1 aromatic carbocycles. The summed E-state index contributed by atoms with van der Waals surface area (Å²) in [4.78, 5) is 32.9. The van der Waals surface area contributed by atoms with Crippen LogP contribution in [0.1, 0.15) is 5.82 Å². The van der Waals surface area contributed by atoms with Gasteiger partial charge in [-0.2, -0.15) is 4.31 Å². The molecule has 27 heavy (non-hydrogen) atoms. The van der Waals surface area contributed by atoms with E-state index in [0.29, 0.717) is 16.7 Å². The van der Waals surface area contributed by atoms with Gasteiger partial charge in [0.05, 0.1) is 24.0 Å². The quantitative estimate of drug-likeness (QED) is 0.664. The molecular formula is C17H18N4O4S2. The SMILES string of the molecule is CN(Cc1nc2ccccc2c(=O)[nH]1)C(=O)CN(C)S(=O)(=O)c1cccs1. The van der Waals surface area contributed by atoms with Crippen LogP contribution in [0.25, 0.3) is 10.9 Å². The number of para-hydroxylation sites is 1. The van der Waals surface area contributed by atoms with Gasteiger partial charge in [-0.05, 0) is 23.6 Å². The maximum absolute atomic E-state index is 12.4. The van der Waals surface area contributed by atoms with Crippen LogP contribution in [-0.2, 0) is 21.4 Å². The van der Waals surface area contributed by atoms with E-state index in [2.05, 4.69) is 9.97 Å². The zero-order chi connectivity index (χ0) is 19.6. The van der Waals surface area contributed by atoms with Crippen molar-refractivity contribution in [1.82, 2.24) is 19.2 Å². The Bertz CT molecular complexity index is 1120. The number of likely N-dealkylation sites (N-methyl/N-ethyl adjacent to an activating group) is 2. The molecule has 2 heterocycles. The molecule has 0 saturated heterocycles. The van der Waals surface area contributed by atoms with Crippen molar-refractivity contribution in [3.63, 3.8) is 0 Å². The number of carbonyl (C=O) groups excluding carboxylic acids is 1. The zero-order valence-electron chi connectivity index (χ0n) is 14.7. The van der Waals surface area contributed by atoms with Crippen LogP contribution in [0.4, 0.5) is 0 Å². The highest BCUT2D eigenvalue weighted by Gasteiger charge is 2.25. The molecule has 8 nitrogen and oxygen atoms in total. The van der Waals surface area contributed by atoms with Crippen LogP contribution in [0.5, 0.6) is 0 Å². The van der Waals surface area contributed by atoms with Gasteiger partial charge in [0.25, 0.3) is 15.6 Å². The summed E-state index contributed by atoms with van der Waals surface area (Å²) in [6.07, 6.45) is 0. The van der Waals surface area contributed by atoms with E-state index in [0.717, 1.165) is 15.6 Å². The van der Waals surface area contributed by atoms with Crippen LogP contribution < -0.4 is 5.56 Å². The second-order valence-electron chi connectivity index (χ2n) is 5.97. The van der Waals surface area contributed by atoms with E-state index in [1.54, 1.807) is 35.7 Å². The van der Waals surface area contributed by atoms with E-state index >= 15 is 0 Å². The lowest BCUT2D eigenvalue weighted by atomic mass is 10.2. The van der Waals surface area contributed by atoms with Crippen molar-refractivity contribution in [2.24, 2.45) is 0 Å². The van der Waals surface area contributed by atoms with Crippen molar-refractivity contribution in [2.75, 3.05) is 20.6 Å². The van der Waals surface area contributed by atoms with Crippen molar-refractivity contribution >= 4 is 38.2 Å². The number of hydrogen-bond acceptors (Lipinski definition) is 6. The summed E-state index contributed by atoms with van der Waals surface area (Å²) >= 11 is 1.09. The van der Waals surface area contributed by atoms with E-state index in [-0.39, 0.29) is 22.9 Å². The molecule has 0 saturated carbocycles. The molecule has 0 atom stereocenters. The fourth-order valence-electron chi connectivity index (χ4n) is 2.48. The summed E-state index contributed by atoms with van der Waals surface area (Å²) in [5, 5.41) is 2.13. The van der Waals surface area contributed by atoms with E-state index in [4.69, 9.17) is 0 Å². The number of nitrogens with zero attached hydrogens (tertiary/aromatic N) is 3. The first-order chi connectivity index (χ1) is 12.8. The van der Waals surface area contributed by atoms with E-state index in [1.807, 2.05) is 0 Å². The Morgan fingerprint density at radius 2 is 1.93 bits per heavy atom. The number of sulfonamides is 1. The Hall–Kier alpha value is -2.56. The fraction of sp³-hybridized carbons (Fsp3) is 0.235. The number of carbonyl (C=O) groups is 1. The summed E-state index contributed by atoms with van der Waals surface area (Å²) < 4.78 is 26.0. The monoisotopic (exact) mass is 406 g/mol. The van der Waals surface area contributed by atoms with Crippen molar-refractivity contribution in [3.05, 3.63) is 58.0 Å². The van der Waals surface area contributed by atoms with Crippen LogP contribution in [-0.4, -0.2) is 54.1 Å². The minimum atomic E-state index is -3.70. The Morgan fingerprint density at radius 3 is 2.63 bits per heavy atom. The summed E-state index contributed by atoms with van der Waals surface area (Å²) in [5.41, 5.74) is 0.253. The molecule has 0 radical (unpaired) electrons. The molecule has 0 bridgehead atoms. The number of rotatable bonds is 6. The van der Waals surface area contributed by atoms with Gasteiger partial charge in [-0.15, -0.1) is 11.3 Å². The number of aromatic amines is 1. The van der Waals surface area contributed by atoms with Crippen LogP contribution in [0.2, 0.25) is 0 Å². The van der Waals surface area contributed by atoms with Crippen molar-refractivity contribution < 1.29 is 13.2 Å². The van der Waals surface area contributed by atoms with E-state index < -0.39 is 15.9 Å². The predicted molar refractivity (Wildman–Crippen MR) is 103 cm³/mol. The smallest absolute Gasteiger partial charge is 0.258 e.